The molecule has 144 valence electrons. The van der Waals surface area contributed by atoms with E-state index in [0.717, 1.165) is 55.3 Å². The summed E-state index contributed by atoms with van der Waals surface area (Å²) in [7, 11) is 0. The van der Waals surface area contributed by atoms with Crippen LogP contribution in [0.5, 0.6) is 0 Å². The highest BCUT2D eigenvalue weighted by molar-refractivity contribution is 5.77. The van der Waals surface area contributed by atoms with Crippen LogP contribution in [0.15, 0.2) is 73.1 Å². The molecule has 30 heavy (non-hydrogen) atoms. The van der Waals surface area contributed by atoms with Crippen LogP contribution in [0.2, 0.25) is 0 Å². The number of nitrogens with zero attached hydrogens (tertiary/aromatic N) is 1. The fraction of sp³-hybridized carbons (Fsp3) is 0. The van der Waals surface area contributed by atoms with E-state index in [1.165, 1.54) is 0 Å². The van der Waals surface area contributed by atoms with E-state index in [1.54, 1.807) is 0 Å². The van der Waals surface area contributed by atoms with Gasteiger partial charge in [-0.25, -0.2) is 0 Å². The maximum absolute atomic E-state index is 4.18. The normalized spacial score (nSPS) is 12.7. The van der Waals surface area contributed by atoms with Crippen LogP contribution in [-0.4, -0.2) is 24.9 Å². The van der Waals surface area contributed by atoms with Gasteiger partial charge in [0.2, 0.25) is 0 Å². The first-order chi connectivity index (χ1) is 14.8. The van der Waals surface area contributed by atoms with Crippen molar-refractivity contribution in [3.63, 3.8) is 0 Å². The van der Waals surface area contributed by atoms with Crippen LogP contribution in [0.4, 0.5) is 0 Å². The van der Waals surface area contributed by atoms with Gasteiger partial charge in [-0.15, -0.1) is 0 Å². The minimum Gasteiger partial charge on any atom is -0.355 e. The summed E-state index contributed by atoms with van der Waals surface area (Å²) in [5.41, 5.74) is 6.40. The van der Waals surface area contributed by atoms with Gasteiger partial charge in [0.1, 0.15) is 0 Å². The number of aromatic nitrogens is 5. The summed E-state index contributed by atoms with van der Waals surface area (Å²) in [6.45, 7) is 0. The number of hydrogen-bond donors (Lipinski definition) is 4. The predicted molar refractivity (Wildman–Crippen MR) is 118 cm³/mol. The molecule has 1 aliphatic heterocycles. The summed E-state index contributed by atoms with van der Waals surface area (Å²) >= 11 is 0. The summed E-state index contributed by atoms with van der Waals surface area (Å²) in [5, 5.41) is 4.19. The minimum absolute atomic E-state index is 1.04. The molecule has 5 aromatic rings. The number of rotatable bonds is 1. The second-order valence-electron chi connectivity index (χ2n) is 7.44. The monoisotopic (exact) mass is 389 g/mol. The first-order valence-corrected chi connectivity index (χ1v) is 9.89. The van der Waals surface area contributed by atoms with E-state index >= 15 is 0 Å². The van der Waals surface area contributed by atoms with Crippen molar-refractivity contribution < 1.29 is 0 Å². The molecule has 1 aliphatic rings. The smallest absolute Gasteiger partial charge is 0.0485 e. The molecule has 4 N–H and O–H groups in total. The van der Waals surface area contributed by atoms with Gasteiger partial charge in [-0.05, 0) is 84.5 Å². The van der Waals surface area contributed by atoms with Gasteiger partial charge in [0.25, 0.3) is 0 Å². The molecule has 0 saturated carbocycles. The summed E-state index contributed by atoms with van der Waals surface area (Å²) < 4.78 is 0. The molecular formula is C25H19N5. The number of aromatic amines is 4. The molecule has 0 spiro atoms. The Morgan fingerprint density at radius 2 is 1.10 bits per heavy atom. The van der Waals surface area contributed by atoms with Gasteiger partial charge in [0, 0.05) is 62.1 Å². The van der Waals surface area contributed by atoms with E-state index in [4.69, 9.17) is 0 Å². The Bertz CT molecular complexity index is 1590. The largest absolute Gasteiger partial charge is 0.355 e. The highest BCUT2D eigenvalue weighted by atomic mass is 14.8. The van der Waals surface area contributed by atoms with Crippen LogP contribution in [-0.2, 0) is 0 Å². The lowest BCUT2D eigenvalue weighted by molar-refractivity contribution is 1.21. The maximum Gasteiger partial charge on any atom is 0.0485 e. The molecule has 0 amide bonds. The number of fused-ring (bicyclic) bond motifs is 8. The molecule has 5 heteroatoms. The Labute approximate surface area is 171 Å². The van der Waals surface area contributed by atoms with Crippen molar-refractivity contribution >= 4 is 23.8 Å². The Balaban J connectivity index is 1.68. The Hall–Kier alpha value is -4.25. The van der Waals surface area contributed by atoms with Crippen LogP contribution < -0.4 is 21.4 Å². The number of hydrogen-bond acceptors (Lipinski definition) is 1. The molecule has 5 aromatic heterocycles. The predicted octanol–water partition coefficient (Wildman–Crippen LogP) is 1.44. The Kier molecular flexibility index (Phi) is 3.71. The molecule has 0 fully saturated rings. The average molecular weight is 389 g/mol. The zero-order valence-corrected chi connectivity index (χ0v) is 16.1. The third kappa shape index (κ3) is 3.02. The fourth-order valence-corrected chi connectivity index (χ4v) is 3.96. The summed E-state index contributed by atoms with van der Waals surface area (Å²) in [6, 6.07) is 20.9. The van der Waals surface area contributed by atoms with Gasteiger partial charge < -0.3 is 19.9 Å². The zero-order valence-electron chi connectivity index (χ0n) is 16.1. The van der Waals surface area contributed by atoms with E-state index in [0.29, 0.717) is 0 Å². The molecule has 0 saturated heterocycles. The van der Waals surface area contributed by atoms with E-state index in [9.17, 15) is 0 Å². The van der Waals surface area contributed by atoms with E-state index in [1.807, 2.05) is 24.5 Å². The third-order valence-corrected chi connectivity index (χ3v) is 5.32. The Morgan fingerprint density at radius 1 is 0.500 bits per heavy atom. The molecule has 6 heterocycles. The van der Waals surface area contributed by atoms with Gasteiger partial charge in [0.05, 0.1) is 0 Å². The van der Waals surface area contributed by atoms with Crippen molar-refractivity contribution in [3.05, 3.63) is 123 Å². The number of H-pyrrole nitrogens is 4. The molecule has 0 aromatic carbocycles. The Morgan fingerprint density at radius 3 is 1.83 bits per heavy atom. The van der Waals surface area contributed by atoms with E-state index in [-0.39, 0.29) is 0 Å². The lowest BCUT2D eigenvalue weighted by Gasteiger charge is -2.05. The van der Waals surface area contributed by atoms with Gasteiger partial charge >= 0.3 is 0 Å². The van der Waals surface area contributed by atoms with Crippen molar-refractivity contribution in [2.24, 2.45) is 0 Å². The minimum atomic E-state index is 1.04. The summed E-state index contributed by atoms with van der Waals surface area (Å²) in [5.74, 6) is 0. The van der Waals surface area contributed by atoms with Gasteiger partial charge in [-0.2, -0.15) is 0 Å². The van der Waals surface area contributed by atoms with E-state index < -0.39 is 0 Å². The number of pyridine rings is 1. The van der Waals surface area contributed by atoms with Crippen molar-refractivity contribution in [1.82, 2.24) is 24.9 Å². The highest BCUT2D eigenvalue weighted by Gasteiger charge is 2.09. The first kappa shape index (κ1) is 16.7. The van der Waals surface area contributed by atoms with Crippen LogP contribution in [0.1, 0.15) is 28.3 Å². The van der Waals surface area contributed by atoms with Crippen LogP contribution in [0.3, 0.4) is 0 Å². The van der Waals surface area contributed by atoms with Crippen LogP contribution >= 0.6 is 0 Å². The lowest BCUT2D eigenvalue weighted by Crippen LogP contribution is -2.15. The van der Waals surface area contributed by atoms with Crippen LogP contribution in [0.25, 0.3) is 23.8 Å². The third-order valence-electron chi connectivity index (χ3n) is 5.32. The maximum atomic E-state index is 4.18. The van der Waals surface area contributed by atoms with Gasteiger partial charge in [0.15, 0.2) is 0 Å². The second-order valence-corrected chi connectivity index (χ2v) is 7.44. The van der Waals surface area contributed by atoms with E-state index in [2.05, 4.69) is 91.7 Å². The van der Waals surface area contributed by atoms with Crippen LogP contribution in [0, 0.1) is 0 Å². The molecular weight excluding hydrogens is 370 g/mol. The van der Waals surface area contributed by atoms with Crippen molar-refractivity contribution in [1.29, 1.82) is 0 Å². The zero-order chi connectivity index (χ0) is 19.9. The summed E-state index contributed by atoms with van der Waals surface area (Å²) in [6.07, 6.45) is 9.99. The molecule has 0 unspecified atom stereocenters. The van der Waals surface area contributed by atoms with Gasteiger partial charge in [-0.1, -0.05) is 0 Å². The molecule has 0 aliphatic carbocycles. The number of nitrogens with one attached hydrogen (secondary N) is 4. The lowest BCUT2D eigenvalue weighted by atomic mass is 10.0. The quantitative estimate of drug-likeness (QED) is 0.338. The fourth-order valence-electron chi connectivity index (χ4n) is 3.96. The first-order valence-electron chi connectivity index (χ1n) is 9.89. The average Bonchev–Trinajstić information content (AvgIpc) is 3.54. The van der Waals surface area contributed by atoms with Crippen molar-refractivity contribution in [2.75, 3.05) is 0 Å². The highest BCUT2D eigenvalue weighted by Crippen LogP contribution is 2.19. The van der Waals surface area contributed by atoms with Crippen molar-refractivity contribution in [2.45, 2.75) is 0 Å². The standard InChI is InChI=1S/C25H19N5/c1-3-19-14-21-5-7-23(29-21)25(16-9-11-26-12-10-16)24-8-6-22(30-24)15-20-4-2-18(28-20)13-17(1)27-19/h1-15,27-30H. The SMILES string of the molecule is C1=c2ccc([nH]2)=Cc2ccc([nH]2)C(c2ccncc2)=c2ccc([nH]2)=Cc2ccc1[nH]2. The second kappa shape index (κ2) is 6.67. The molecule has 0 atom stereocenters. The molecule has 6 rings (SSSR count). The van der Waals surface area contributed by atoms with Gasteiger partial charge in [-0.3, -0.25) is 4.98 Å². The van der Waals surface area contributed by atoms with Crippen molar-refractivity contribution in [3.8, 4) is 0 Å². The molecule has 5 nitrogen and oxygen atoms in total. The molecule has 0 radical (unpaired) electrons. The topological polar surface area (TPSA) is 76.0 Å². The summed E-state index contributed by atoms with van der Waals surface area (Å²) in [4.78, 5) is 18.2. The molecule has 8 bridgehead atoms.